The summed E-state index contributed by atoms with van der Waals surface area (Å²) in [6.45, 7) is 8.25. The summed E-state index contributed by atoms with van der Waals surface area (Å²) in [7, 11) is 0. The van der Waals surface area contributed by atoms with E-state index in [1.807, 2.05) is 75.9 Å². The van der Waals surface area contributed by atoms with Gasteiger partial charge in [-0.05, 0) is 151 Å². The standard InChI is InChI=1S/C67H45F3N4/c1-40-9-5-13-45(27-40)49-18-23-61-55(32-49)56-33-50(46-14-6-10-41(2)28-46)19-24-62(56)73(61)65-37-59(54-22-17-44(38-71)31-60(54)67(68,69)70)66(36-53(65)39-72)74-63-25-20-51(47-15-7-11-42(3)29-47)34-57(63)58-35-52(21-26-64(58)74)48-16-8-12-43(4)30-48/h5-37H,1-4H3. The van der Waals surface area contributed by atoms with Crippen molar-refractivity contribution in [1.29, 1.82) is 10.5 Å². The summed E-state index contributed by atoms with van der Waals surface area (Å²) in [6, 6.07) is 69.9. The van der Waals surface area contributed by atoms with Crippen molar-refractivity contribution < 1.29 is 13.2 Å². The van der Waals surface area contributed by atoms with Crippen LogP contribution in [0.3, 0.4) is 0 Å². The summed E-state index contributed by atoms with van der Waals surface area (Å²) in [5.41, 5.74) is 15.8. The third-order valence-corrected chi connectivity index (χ3v) is 14.4. The van der Waals surface area contributed by atoms with Crippen molar-refractivity contribution in [2.45, 2.75) is 33.9 Å². The van der Waals surface area contributed by atoms with Gasteiger partial charge in [0.25, 0.3) is 0 Å². The van der Waals surface area contributed by atoms with E-state index in [0.29, 0.717) is 11.4 Å². The van der Waals surface area contributed by atoms with Crippen molar-refractivity contribution in [2.24, 2.45) is 0 Å². The van der Waals surface area contributed by atoms with E-state index in [4.69, 9.17) is 0 Å². The van der Waals surface area contributed by atoms with Crippen LogP contribution in [0.25, 0.3) is 111 Å². The molecule has 7 heteroatoms. The lowest BCUT2D eigenvalue weighted by molar-refractivity contribution is -0.137. The number of aryl methyl sites for hydroxylation is 4. The van der Waals surface area contributed by atoms with Crippen LogP contribution < -0.4 is 0 Å². The lowest BCUT2D eigenvalue weighted by atomic mass is 9.93. The Morgan fingerprint density at radius 2 is 0.716 bits per heavy atom. The van der Waals surface area contributed by atoms with E-state index in [9.17, 15) is 10.5 Å². The van der Waals surface area contributed by atoms with Crippen molar-refractivity contribution in [3.05, 3.63) is 239 Å². The molecule has 0 aliphatic rings. The molecule has 74 heavy (non-hydrogen) atoms. The van der Waals surface area contributed by atoms with Gasteiger partial charge in [0.1, 0.15) is 6.07 Å². The molecule has 0 bridgehead atoms. The average Bonchev–Trinajstić information content (AvgIpc) is 3.91. The Bertz CT molecular complexity index is 4180. The van der Waals surface area contributed by atoms with Crippen LogP contribution in [0, 0.1) is 50.4 Å². The van der Waals surface area contributed by atoms with Gasteiger partial charge >= 0.3 is 6.18 Å². The minimum Gasteiger partial charge on any atom is -0.309 e. The van der Waals surface area contributed by atoms with E-state index >= 15 is 13.2 Å². The minimum atomic E-state index is -4.84. The summed E-state index contributed by atoms with van der Waals surface area (Å²) in [6.07, 6.45) is -4.84. The number of hydrogen-bond donors (Lipinski definition) is 0. The predicted molar refractivity (Wildman–Crippen MR) is 296 cm³/mol. The van der Waals surface area contributed by atoms with E-state index < -0.39 is 11.7 Å². The maximum absolute atomic E-state index is 15.7. The van der Waals surface area contributed by atoms with Crippen LogP contribution in [0.5, 0.6) is 0 Å². The van der Waals surface area contributed by atoms with Crippen LogP contribution in [-0.4, -0.2) is 9.13 Å². The van der Waals surface area contributed by atoms with Gasteiger partial charge in [-0.25, -0.2) is 0 Å². The summed E-state index contributed by atoms with van der Waals surface area (Å²) >= 11 is 0. The molecular formula is C67H45F3N4. The SMILES string of the molecule is Cc1cccc(-c2ccc3c(c2)c2cc(-c4cccc(C)c4)ccc2n3-c2cc(-c3ccc(C#N)cc3C(F)(F)F)c(-n3c4ccc(-c5cccc(C)c5)cc4c4cc(-c5cccc(C)c5)ccc43)cc2C#N)c1. The minimum absolute atomic E-state index is 0.114. The molecule has 354 valence electrons. The fraction of sp³-hybridized carbons (Fsp3) is 0.0746. The van der Waals surface area contributed by atoms with Crippen LogP contribution in [0.15, 0.2) is 200 Å². The zero-order valence-corrected chi connectivity index (χ0v) is 41.0. The second kappa shape index (κ2) is 17.7. The number of halogens is 3. The fourth-order valence-electron chi connectivity index (χ4n) is 10.9. The first-order chi connectivity index (χ1) is 35.8. The Labute approximate surface area is 426 Å². The largest absolute Gasteiger partial charge is 0.417 e. The highest BCUT2D eigenvalue weighted by Crippen LogP contribution is 2.46. The summed E-state index contributed by atoms with van der Waals surface area (Å²) < 4.78 is 51.0. The monoisotopic (exact) mass is 962 g/mol. The van der Waals surface area contributed by atoms with Gasteiger partial charge in [-0.3, -0.25) is 0 Å². The number of rotatable bonds is 7. The first kappa shape index (κ1) is 45.7. The molecule has 12 aromatic rings. The van der Waals surface area contributed by atoms with Crippen molar-refractivity contribution in [1.82, 2.24) is 9.13 Å². The van der Waals surface area contributed by atoms with Gasteiger partial charge in [-0.15, -0.1) is 0 Å². The molecule has 2 heterocycles. The topological polar surface area (TPSA) is 57.4 Å². The molecule has 0 saturated heterocycles. The number of aromatic nitrogens is 2. The molecule has 0 amide bonds. The smallest absolute Gasteiger partial charge is 0.309 e. The highest BCUT2D eigenvalue weighted by atomic mass is 19.4. The van der Waals surface area contributed by atoms with Crippen molar-refractivity contribution >= 4 is 43.6 Å². The van der Waals surface area contributed by atoms with Crippen molar-refractivity contribution in [3.63, 3.8) is 0 Å². The number of nitriles is 2. The molecular weight excluding hydrogens is 918 g/mol. The van der Waals surface area contributed by atoms with Crippen LogP contribution >= 0.6 is 0 Å². The highest BCUT2D eigenvalue weighted by molar-refractivity contribution is 6.14. The number of alkyl halides is 3. The molecule has 2 aromatic heterocycles. The zero-order chi connectivity index (χ0) is 51.0. The normalized spacial score (nSPS) is 11.7. The molecule has 0 spiro atoms. The van der Waals surface area contributed by atoms with Gasteiger partial charge in [-0.2, -0.15) is 23.7 Å². The average molecular weight is 963 g/mol. The maximum Gasteiger partial charge on any atom is 0.417 e. The third-order valence-electron chi connectivity index (χ3n) is 14.4. The van der Waals surface area contributed by atoms with Gasteiger partial charge in [0, 0.05) is 27.1 Å². The molecule has 0 fully saturated rings. The highest BCUT2D eigenvalue weighted by Gasteiger charge is 2.35. The van der Waals surface area contributed by atoms with Crippen LogP contribution in [0.2, 0.25) is 0 Å². The van der Waals surface area contributed by atoms with Crippen LogP contribution in [0.4, 0.5) is 13.2 Å². The summed E-state index contributed by atoms with van der Waals surface area (Å²) in [5, 5.41) is 25.0. The molecule has 0 saturated carbocycles. The van der Waals surface area contributed by atoms with Gasteiger partial charge < -0.3 is 9.13 Å². The second-order valence-electron chi connectivity index (χ2n) is 19.4. The van der Waals surface area contributed by atoms with Crippen molar-refractivity contribution in [2.75, 3.05) is 0 Å². The predicted octanol–water partition coefficient (Wildman–Crippen LogP) is 18.2. The molecule has 0 unspecified atom stereocenters. The molecule has 0 aliphatic heterocycles. The Kier molecular flexibility index (Phi) is 10.9. The van der Waals surface area contributed by atoms with Gasteiger partial charge in [-0.1, -0.05) is 150 Å². The molecule has 0 atom stereocenters. The fourth-order valence-corrected chi connectivity index (χ4v) is 10.9. The van der Waals surface area contributed by atoms with E-state index in [-0.39, 0.29) is 22.3 Å². The molecule has 4 nitrogen and oxygen atoms in total. The zero-order valence-electron chi connectivity index (χ0n) is 41.0. The number of hydrogen-bond acceptors (Lipinski definition) is 2. The number of fused-ring (bicyclic) bond motifs is 6. The summed E-state index contributed by atoms with van der Waals surface area (Å²) in [4.78, 5) is 0. The molecule has 0 radical (unpaired) electrons. The van der Waals surface area contributed by atoms with Crippen LogP contribution in [0.1, 0.15) is 38.9 Å². The van der Waals surface area contributed by atoms with Crippen LogP contribution in [-0.2, 0) is 6.18 Å². The third kappa shape index (κ3) is 7.87. The van der Waals surface area contributed by atoms with Gasteiger partial charge in [0.05, 0.1) is 56.2 Å². The molecule has 12 rings (SSSR count). The van der Waals surface area contributed by atoms with E-state index in [1.165, 1.54) is 12.1 Å². The quantitative estimate of drug-likeness (QED) is 0.160. The lowest BCUT2D eigenvalue weighted by Crippen LogP contribution is -2.10. The molecule has 0 N–H and O–H groups in total. The van der Waals surface area contributed by atoms with Crippen molar-refractivity contribution in [3.8, 4) is 79.1 Å². The lowest BCUT2D eigenvalue weighted by Gasteiger charge is -2.21. The van der Waals surface area contributed by atoms with E-state index in [2.05, 4.69) is 143 Å². The number of nitrogens with zero attached hydrogens (tertiary/aromatic N) is 4. The Morgan fingerprint density at radius 3 is 1.05 bits per heavy atom. The Hall–Kier alpha value is -9.43. The Morgan fingerprint density at radius 1 is 0.351 bits per heavy atom. The Balaban J connectivity index is 1.19. The van der Waals surface area contributed by atoms with Gasteiger partial charge in [0.2, 0.25) is 0 Å². The molecule has 0 aliphatic carbocycles. The van der Waals surface area contributed by atoms with Gasteiger partial charge in [0.15, 0.2) is 0 Å². The number of benzene rings is 10. The van der Waals surface area contributed by atoms with E-state index in [0.717, 1.165) is 116 Å². The molecule has 10 aromatic carbocycles. The summed E-state index contributed by atoms with van der Waals surface area (Å²) in [5.74, 6) is 0. The first-order valence-corrected chi connectivity index (χ1v) is 24.5. The maximum atomic E-state index is 15.7. The van der Waals surface area contributed by atoms with E-state index in [1.54, 1.807) is 12.1 Å². The first-order valence-electron chi connectivity index (χ1n) is 24.5. The second-order valence-corrected chi connectivity index (χ2v) is 19.4.